The van der Waals surface area contributed by atoms with Gasteiger partial charge >= 0.3 is 11.9 Å². The first-order valence-electron chi connectivity index (χ1n) is 25.4. The zero-order valence-electron chi connectivity index (χ0n) is 38.5. The molecule has 0 heterocycles. The van der Waals surface area contributed by atoms with E-state index >= 15 is 0 Å². The summed E-state index contributed by atoms with van der Waals surface area (Å²) in [5, 5.41) is 44.6. The molecule has 7 heteroatoms. The van der Waals surface area contributed by atoms with Crippen LogP contribution in [-0.2, 0) is 14.3 Å². The summed E-state index contributed by atoms with van der Waals surface area (Å²) in [4.78, 5) is 25.2. The molecular weight excluding hydrogens is 737 g/mol. The van der Waals surface area contributed by atoms with Gasteiger partial charge in [-0.2, -0.15) is 0 Å². The number of aliphatic hydroxyl groups is 3. The van der Waals surface area contributed by atoms with E-state index in [0.29, 0.717) is 77.4 Å². The Balaban J connectivity index is 0.881. The maximum Gasteiger partial charge on any atom is 0.306 e. The second-order valence-electron chi connectivity index (χ2n) is 24.1. The molecule has 0 spiro atoms. The van der Waals surface area contributed by atoms with Crippen molar-refractivity contribution in [3.63, 3.8) is 0 Å². The third-order valence-corrected chi connectivity index (χ3v) is 22.2. The molecule has 336 valence electrons. The van der Waals surface area contributed by atoms with E-state index in [1.807, 2.05) is 0 Å². The fourth-order valence-electron chi connectivity index (χ4n) is 19.3. The molecule has 0 aromatic carbocycles. The van der Waals surface area contributed by atoms with Crippen molar-refractivity contribution < 1.29 is 34.8 Å². The van der Waals surface area contributed by atoms with E-state index in [1.165, 1.54) is 32.1 Å². The van der Waals surface area contributed by atoms with Gasteiger partial charge in [-0.05, 0) is 207 Å². The number of aliphatic carboxylic acids is 1. The molecular formula is C52H86O7. The van der Waals surface area contributed by atoms with Gasteiger partial charge in [0.2, 0.25) is 0 Å². The second kappa shape index (κ2) is 16.4. The minimum Gasteiger partial charge on any atom is -0.481 e. The molecule has 0 radical (unpaired) electrons. The van der Waals surface area contributed by atoms with E-state index in [0.717, 1.165) is 83.5 Å². The third-order valence-electron chi connectivity index (χ3n) is 22.2. The van der Waals surface area contributed by atoms with Gasteiger partial charge in [-0.15, -0.1) is 0 Å². The Morgan fingerprint density at radius 3 is 1.51 bits per heavy atom. The van der Waals surface area contributed by atoms with Crippen molar-refractivity contribution in [2.24, 2.45) is 105 Å². The fourth-order valence-corrected chi connectivity index (χ4v) is 19.3. The van der Waals surface area contributed by atoms with Gasteiger partial charge in [0.25, 0.3) is 0 Å². The van der Waals surface area contributed by atoms with Gasteiger partial charge in [-0.3, -0.25) is 9.59 Å². The highest BCUT2D eigenvalue weighted by molar-refractivity contribution is 5.69. The molecule has 0 amide bonds. The topological polar surface area (TPSA) is 124 Å². The van der Waals surface area contributed by atoms with Crippen LogP contribution < -0.4 is 0 Å². The number of carbonyl (C=O) groups excluding carboxylic acids is 1. The van der Waals surface area contributed by atoms with Crippen LogP contribution in [0.25, 0.3) is 0 Å². The molecule has 4 N–H and O–H groups in total. The number of esters is 1. The summed E-state index contributed by atoms with van der Waals surface area (Å²) in [6.07, 6.45) is 18.5. The normalized spacial score (nSPS) is 52.5. The maximum atomic E-state index is 13.7. The standard InChI is InChI=1S/C52H86O7/c1-9-33-41-27-31(53)19-23-51(41,7)39-21-25-50(6)36(14-16-37(50)45(39)47(33)57)30(4)12-18-44(56)59-32-20-24-52(8)40-22-26-49(5)35(29(3)11-17-43(54)55)13-15-38(49)46(40)48(58)34(10-2)42(52)28-32/h29-42,45-48,53,57-58H,9-28H2,1-8H3,(H,54,55)/t29-,30-,31-,32-,33-,34-,35?,36?,37+,38+,39+,40+,41+,42+,45?,46?,47-,48-,49-,50-,51-,52-/m1/s1. The smallest absolute Gasteiger partial charge is 0.306 e. The van der Waals surface area contributed by atoms with Gasteiger partial charge in [-0.25, -0.2) is 0 Å². The van der Waals surface area contributed by atoms with Crippen molar-refractivity contribution in [2.75, 3.05) is 0 Å². The number of hydrogen-bond acceptors (Lipinski definition) is 6. The number of carbonyl (C=O) groups is 2. The molecule has 0 aliphatic heterocycles. The highest BCUT2D eigenvalue weighted by Crippen LogP contribution is 2.71. The lowest BCUT2D eigenvalue weighted by Gasteiger charge is -2.65. The summed E-state index contributed by atoms with van der Waals surface area (Å²) in [6, 6.07) is 0. The number of aliphatic hydroxyl groups excluding tert-OH is 3. The molecule has 8 aliphatic rings. The predicted octanol–water partition coefficient (Wildman–Crippen LogP) is 10.7. The quantitative estimate of drug-likeness (QED) is 0.153. The zero-order chi connectivity index (χ0) is 42.4. The highest BCUT2D eigenvalue weighted by Gasteiger charge is 2.67. The van der Waals surface area contributed by atoms with Crippen LogP contribution in [0.1, 0.15) is 184 Å². The first-order chi connectivity index (χ1) is 27.9. The molecule has 0 aromatic rings. The monoisotopic (exact) mass is 823 g/mol. The third kappa shape index (κ3) is 7.12. The molecule has 59 heavy (non-hydrogen) atoms. The fraction of sp³-hybridized carbons (Fsp3) is 0.962. The molecule has 8 rings (SSSR count). The largest absolute Gasteiger partial charge is 0.481 e. The molecule has 0 aromatic heterocycles. The number of carboxylic acid groups (broad SMARTS) is 1. The van der Waals surface area contributed by atoms with Crippen molar-refractivity contribution in [1.82, 2.24) is 0 Å². The van der Waals surface area contributed by atoms with Crippen LogP contribution in [0.4, 0.5) is 0 Å². The average Bonchev–Trinajstić information content (AvgIpc) is 3.74. The van der Waals surface area contributed by atoms with Crippen LogP contribution in [0.3, 0.4) is 0 Å². The minimum atomic E-state index is -0.695. The second-order valence-corrected chi connectivity index (χ2v) is 24.1. The van der Waals surface area contributed by atoms with Crippen molar-refractivity contribution in [3.05, 3.63) is 0 Å². The number of carboxylic acids is 1. The minimum absolute atomic E-state index is 0.0365. The Hall–Kier alpha value is -1.18. The van der Waals surface area contributed by atoms with E-state index in [1.54, 1.807) is 0 Å². The molecule has 8 saturated carbocycles. The Bertz CT molecular complexity index is 1530. The van der Waals surface area contributed by atoms with Crippen molar-refractivity contribution >= 4 is 11.9 Å². The lowest BCUT2D eigenvalue weighted by Crippen LogP contribution is -2.62. The first-order valence-corrected chi connectivity index (χ1v) is 25.4. The van der Waals surface area contributed by atoms with Crippen LogP contribution in [-0.4, -0.2) is 56.8 Å². The first kappa shape index (κ1) is 44.4. The Kier molecular flexibility index (Phi) is 12.4. The van der Waals surface area contributed by atoms with Crippen LogP contribution in [0.5, 0.6) is 0 Å². The van der Waals surface area contributed by atoms with Crippen molar-refractivity contribution in [3.8, 4) is 0 Å². The lowest BCUT2D eigenvalue weighted by molar-refractivity contribution is -0.207. The summed E-state index contributed by atoms with van der Waals surface area (Å²) in [7, 11) is 0. The Morgan fingerprint density at radius 1 is 0.576 bits per heavy atom. The highest BCUT2D eigenvalue weighted by atomic mass is 16.5. The van der Waals surface area contributed by atoms with Gasteiger partial charge in [0.15, 0.2) is 0 Å². The van der Waals surface area contributed by atoms with Gasteiger partial charge in [0.05, 0.1) is 18.3 Å². The summed E-state index contributed by atoms with van der Waals surface area (Å²) >= 11 is 0. The van der Waals surface area contributed by atoms with Crippen LogP contribution in [0.2, 0.25) is 0 Å². The van der Waals surface area contributed by atoms with Crippen LogP contribution in [0.15, 0.2) is 0 Å². The Morgan fingerprint density at radius 2 is 1.02 bits per heavy atom. The number of rotatable bonds is 11. The summed E-state index contributed by atoms with van der Waals surface area (Å²) in [5.74, 6) is 5.15. The van der Waals surface area contributed by atoms with E-state index in [4.69, 9.17) is 4.74 Å². The number of ether oxygens (including phenoxy) is 1. The van der Waals surface area contributed by atoms with E-state index in [-0.39, 0.29) is 70.3 Å². The molecule has 8 aliphatic carbocycles. The van der Waals surface area contributed by atoms with E-state index < -0.39 is 5.97 Å². The number of hydrogen-bond donors (Lipinski definition) is 4. The van der Waals surface area contributed by atoms with Gasteiger partial charge in [-0.1, -0.05) is 68.2 Å². The average molecular weight is 823 g/mol. The van der Waals surface area contributed by atoms with Crippen molar-refractivity contribution in [2.45, 2.75) is 208 Å². The van der Waals surface area contributed by atoms with Gasteiger partial charge in [0.1, 0.15) is 6.10 Å². The molecule has 4 unspecified atom stereocenters. The van der Waals surface area contributed by atoms with E-state index in [2.05, 4.69) is 55.4 Å². The Labute approximate surface area is 358 Å². The van der Waals surface area contributed by atoms with Crippen molar-refractivity contribution in [1.29, 1.82) is 0 Å². The summed E-state index contributed by atoms with van der Waals surface area (Å²) < 4.78 is 6.42. The van der Waals surface area contributed by atoms with E-state index in [9.17, 15) is 30.0 Å². The molecule has 0 saturated heterocycles. The van der Waals surface area contributed by atoms with Gasteiger partial charge < -0.3 is 25.2 Å². The SMILES string of the molecule is CC[C@H]1[C@@H](O)C2[C@H](CC[C@]3(C)C([C@H](C)CCC(=O)O[C@@H]4CC[C@]5(C)[C@H]6CC[C@]7(C)C([C@H](C)CCC(=O)O)CC[C@H]7C6[C@H](O)[C@H](CC)[C@@H]5C4)CC[C@@H]23)[C@@]2(C)CC[C@@H](O)C[C@@H]12. The lowest BCUT2D eigenvalue weighted by atomic mass is 9.41. The molecule has 22 atom stereocenters. The zero-order valence-corrected chi connectivity index (χ0v) is 38.5. The summed E-state index contributed by atoms with van der Waals surface area (Å²) in [5.41, 5.74) is 0.715. The number of fused-ring (bicyclic) bond motifs is 10. The van der Waals surface area contributed by atoms with Gasteiger partial charge in [0, 0.05) is 12.8 Å². The maximum absolute atomic E-state index is 13.7. The molecule has 7 nitrogen and oxygen atoms in total. The summed E-state index contributed by atoms with van der Waals surface area (Å²) in [6.45, 7) is 19.3. The van der Waals surface area contributed by atoms with Crippen LogP contribution >= 0.6 is 0 Å². The molecule has 0 bridgehead atoms. The predicted molar refractivity (Wildman–Crippen MR) is 232 cm³/mol. The van der Waals surface area contributed by atoms with Crippen LogP contribution in [0, 0.1) is 105 Å². The molecule has 8 fully saturated rings.